The first-order valence-corrected chi connectivity index (χ1v) is 9.32. The molecule has 1 saturated heterocycles. The number of hydrogen-bond acceptors (Lipinski definition) is 3. The summed E-state index contributed by atoms with van der Waals surface area (Å²) in [6.45, 7) is 9.96. The van der Waals surface area contributed by atoms with Gasteiger partial charge in [-0.25, -0.2) is 0 Å². The number of guanidine groups is 1. The first-order valence-electron chi connectivity index (χ1n) is 8.94. The quantitative estimate of drug-likeness (QED) is 0.395. The number of rotatable bonds is 7. The molecule has 0 radical (unpaired) electrons. The summed E-state index contributed by atoms with van der Waals surface area (Å²) in [4.78, 5) is 6.94. The van der Waals surface area contributed by atoms with Crippen molar-refractivity contribution >= 4 is 17.6 Å². The SMILES string of the molecule is C=CCN1CCC(NC(=NCC(O)c2ccccc2Cl)NCC)CC1. The third-order valence-corrected chi connectivity index (χ3v) is 4.69. The minimum Gasteiger partial charge on any atom is -0.386 e. The lowest BCUT2D eigenvalue weighted by atomic mass is 10.1. The molecule has 0 amide bonds. The third kappa shape index (κ3) is 6.34. The Labute approximate surface area is 155 Å². The molecule has 5 nitrogen and oxygen atoms in total. The smallest absolute Gasteiger partial charge is 0.191 e. The maximum Gasteiger partial charge on any atom is 0.191 e. The summed E-state index contributed by atoms with van der Waals surface area (Å²) >= 11 is 6.14. The molecule has 0 bridgehead atoms. The van der Waals surface area contributed by atoms with Gasteiger partial charge in [0.05, 0.1) is 6.54 Å². The van der Waals surface area contributed by atoms with Crippen molar-refractivity contribution < 1.29 is 5.11 Å². The van der Waals surface area contributed by atoms with Crippen molar-refractivity contribution in [2.45, 2.75) is 31.9 Å². The fourth-order valence-corrected chi connectivity index (χ4v) is 3.24. The number of aliphatic hydroxyl groups is 1. The van der Waals surface area contributed by atoms with Gasteiger partial charge < -0.3 is 15.7 Å². The number of piperidine rings is 1. The van der Waals surface area contributed by atoms with Crippen molar-refractivity contribution in [2.75, 3.05) is 32.7 Å². The van der Waals surface area contributed by atoms with E-state index in [0.717, 1.165) is 45.0 Å². The van der Waals surface area contributed by atoms with Crippen LogP contribution in [0.3, 0.4) is 0 Å². The number of halogens is 1. The molecule has 1 aliphatic heterocycles. The molecule has 1 fully saturated rings. The van der Waals surface area contributed by atoms with E-state index in [2.05, 4.69) is 27.1 Å². The zero-order valence-electron chi connectivity index (χ0n) is 14.9. The predicted octanol–water partition coefficient (Wildman–Crippen LogP) is 2.58. The van der Waals surface area contributed by atoms with Crippen LogP contribution in [0.1, 0.15) is 31.4 Å². The molecule has 1 unspecified atom stereocenters. The minimum absolute atomic E-state index is 0.272. The van der Waals surface area contributed by atoms with Gasteiger partial charge in [0, 0.05) is 42.8 Å². The molecule has 0 spiro atoms. The van der Waals surface area contributed by atoms with Crippen molar-refractivity contribution in [1.29, 1.82) is 0 Å². The Balaban J connectivity index is 1.90. The van der Waals surface area contributed by atoms with E-state index in [1.807, 2.05) is 31.2 Å². The molecule has 0 aliphatic carbocycles. The van der Waals surface area contributed by atoms with Crippen molar-refractivity contribution in [2.24, 2.45) is 4.99 Å². The largest absolute Gasteiger partial charge is 0.386 e. The van der Waals surface area contributed by atoms with Crippen LogP contribution in [0, 0.1) is 0 Å². The number of hydrogen-bond donors (Lipinski definition) is 3. The second kappa shape index (κ2) is 10.4. The fraction of sp³-hybridized carbons (Fsp3) is 0.526. The van der Waals surface area contributed by atoms with E-state index in [0.29, 0.717) is 16.6 Å². The maximum absolute atomic E-state index is 10.4. The van der Waals surface area contributed by atoms with Crippen LogP contribution in [0.2, 0.25) is 5.02 Å². The number of likely N-dealkylation sites (tertiary alicyclic amines) is 1. The van der Waals surface area contributed by atoms with Gasteiger partial charge in [-0.2, -0.15) is 0 Å². The highest BCUT2D eigenvalue weighted by molar-refractivity contribution is 6.31. The number of aliphatic hydroxyl groups excluding tert-OH is 1. The average molecular weight is 365 g/mol. The van der Waals surface area contributed by atoms with Crippen LogP contribution in [0.4, 0.5) is 0 Å². The van der Waals surface area contributed by atoms with E-state index in [-0.39, 0.29) is 6.54 Å². The van der Waals surface area contributed by atoms with Gasteiger partial charge in [0.25, 0.3) is 0 Å². The molecule has 1 aliphatic rings. The molecule has 0 aromatic heterocycles. The lowest BCUT2D eigenvalue weighted by Crippen LogP contribution is -2.48. The minimum atomic E-state index is -0.710. The summed E-state index contributed by atoms with van der Waals surface area (Å²) in [5, 5.41) is 17.7. The second-order valence-electron chi connectivity index (χ2n) is 6.26. The zero-order chi connectivity index (χ0) is 18.1. The van der Waals surface area contributed by atoms with Gasteiger partial charge in [-0.05, 0) is 25.8 Å². The van der Waals surface area contributed by atoms with Gasteiger partial charge in [0.2, 0.25) is 0 Å². The van der Waals surface area contributed by atoms with E-state index in [9.17, 15) is 5.11 Å². The Morgan fingerprint density at radius 1 is 1.44 bits per heavy atom. The summed E-state index contributed by atoms with van der Waals surface area (Å²) in [6.07, 6.45) is 3.39. The van der Waals surface area contributed by atoms with Gasteiger partial charge in [0.1, 0.15) is 6.10 Å². The number of aliphatic imine (C=N–C) groups is 1. The predicted molar refractivity (Wildman–Crippen MR) is 105 cm³/mol. The molecule has 2 rings (SSSR count). The molecule has 1 aromatic carbocycles. The second-order valence-corrected chi connectivity index (χ2v) is 6.67. The topological polar surface area (TPSA) is 59.9 Å². The lowest BCUT2D eigenvalue weighted by molar-refractivity contribution is 0.187. The summed E-state index contributed by atoms with van der Waals surface area (Å²) in [6, 6.07) is 7.74. The molecule has 138 valence electrons. The molecule has 3 N–H and O–H groups in total. The summed E-state index contributed by atoms with van der Waals surface area (Å²) in [5.74, 6) is 0.746. The normalized spacial score (nSPS) is 18.0. The summed E-state index contributed by atoms with van der Waals surface area (Å²) in [5.41, 5.74) is 0.710. The highest BCUT2D eigenvalue weighted by atomic mass is 35.5. The van der Waals surface area contributed by atoms with Crippen LogP contribution in [0.25, 0.3) is 0 Å². The first-order chi connectivity index (χ1) is 12.1. The van der Waals surface area contributed by atoms with Crippen molar-refractivity contribution in [3.05, 3.63) is 47.5 Å². The maximum atomic E-state index is 10.4. The molecule has 1 heterocycles. The van der Waals surface area contributed by atoms with Crippen LogP contribution in [-0.2, 0) is 0 Å². The molecule has 6 heteroatoms. The summed E-state index contributed by atoms with van der Waals surface area (Å²) in [7, 11) is 0. The number of nitrogens with one attached hydrogen (secondary N) is 2. The third-order valence-electron chi connectivity index (χ3n) is 4.35. The van der Waals surface area contributed by atoms with Crippen LogP contribution in [0.15, 0.2) is 41.9 Å². The van der Waals surface area contributed by atoms with E-state index < -0.39 is 6.10 Å². The van der Waals surface area contributed by atoms with Crippen LogP contribution in [-0.4, -0.2) is 54.7 Å². The Morgan fingerprint density at radius 3 is 2.80 bits per heavy atom. The first kappa shape index (κ1) is 19.8. The van der Waals surface area contributed by atoms with Crippen molar-refractivity contribution in [1.82, 2.24) is 15.5 Å². The molecular weight excluding hydrogens is 336 g/mol. The fourth-order valence-electron chi connectivity index (χ4n) is 2.98. The molecule has 25 heavy (non-hydrogen) atoms. The van der Waals surface area contributed by atoms with Gasteiger partial charge in [-0.3, -0.25) is 9.89 Å². The molecule has 1 atom stereocenters. The van der Waals surface area contributed by atoms with Crippen LogP contribution >= 0.6 is 11.6 Å². The highest BCUT2D eigenvalue weighted by Gasteiger charge is 2.19. The molecule has 0 saturated carbocycles. The van der Waals surface area contributed by atoms with E-state index in [1.54, 1.807) is 6.07 Å². The standard InChI is InChI=1S/C19H29ClN4O/c1-3-11-24-12-9-15(10-13-24)23-19(21-4-2)22-14-18(25)16-7-5-6-8-17(16)20/h3,5-8,15,18,25H,1,4,9-14H2,2H3,(H2,21,22,23). The molecular formula is C19H29ClN4O. The van der Waals surface area contributed by atoms with E-state index in [4.69, 9.17) is 11.6 Å². The lowest BCUT2D eigenvalue weighted by Gasteiger charge is -2.32. The molecule has 1 aromatic rings. The number of nitrogens with zero attached hydrogens (tertiary/aromatic N) is 2. The average Bonchev–Trinajstić information content (AvgIpc) is 2.62. The van der Waals surface area contributed by atoms with Crippen molar-refractivity contribution in [3.8, 4) is 0 Å². The Kier molecular flexibility index (Phi) is 8.25. The summed E-state index contributed by atoms with van der Waals surface area (Å²) < 4.78 is 0. The van der Waals surface area contributed by atoms with Crippen LogP contribution < -0.4 is 10.6 Å². The highest BCUT2D eigenvalue weighted by Crippen LogP contribution is 2.22. The van der Waals surface area contributed by atoms with Gasteiger partial charge in [0.15, 0.2) is 5.96 Å². The van der Waals surface area contributed by atoms with E-state index >= 15 is 0 Å². The Morgan fingerprint density at radius 2 is 2.16 bits per heavy atom. The van der Waals surface area contributed by atoms with Crippen LogP contribution in [0.5, 0.6) is 0 Å². The Bertz CT molecular complexity index is 570. The zero-order valence-corrected chi connectivity index (χ0v) is 15.7. The van der Waals surface area contributed by atoms with E-state index in [1.165, 1.54) is 0 Å². The monoisotopic (exact) mass is 364 g/mol. The number of benzene rings is 1. The Hall–Kier alpha value is -1.56. The van der Waals surface area contributed by atoms with Gasteiger partial charge >= 0.3 is 0 Å². The van der Waals surface area contributed by atoms with Gasteiger partial charge in [-0.1, -0.05) is 35.9 Å². The van der Waals surface area contributed by atoms with Gasteiger partial charge in [-0.15, -0.1) is 6.58 Å². The van der Waals surface area contributed by atoms with Crippen molar-refractivity contribution in [3.63, 3.8) is 0 Å².